The minimum absolute atomic E-state index is 0. The zero-order valence-electron chi connectivity index (χ0n) is 17.5. The summed E-state index contributed by atoms with van der Waals surface area (Å²) in [6, 6.07) is 6.65. The van der Waals surface area contributed by atoms with E-state index in [2.05, 4.69) is 20.5 Å². The van der Waals surface area contributed by atoms with E-state index in [-0.39, 0.29) is 29.4 Å². The third-order valence-corrected chi connectivity index (χ3v) is 6.87. The monoisotopic (exact) mass is 536 g/mol. The van der Waals surface area contributed by atoms with Gasteiger partial charge in [-0.3, -0.25) is 4.99 Å². The summed E-state index contributed by atoms with van der Waals surface area (Å²) < 4.78 is 39.4. The van der Waals surface area contributed by atoms with Crippen molar-refractivity contribution in [1.82, 2.24) is 15.5 Å². The highest BCUT2D eigenvalue weighted by Gasteiger charge is 2.40. The Bertz CT molecular complexity index is 744. The van der Waals surface area contributed by atoms with Gasteiger partial charge >= 0.3 is 6.18 Å². The second-order valence-corrected chi connectivity index (χ2v) is 8.90. The molecule has 0 bridgehead atoms. The van der Waals surface area contributed by atoms with Gasteiger partial charge in [-0.15, -0.1) is 24.0 Å². The predicted octanol–water partition coefficient (Wildman–Crippen LogP) is 4.39. The summed E-state index contributed by atoms with van der Waals surface area (Å²) in [4.78, 5) is 6.93. The molecule has 0 aromatic heterocycles. The van der Waals surface area contributed by atoms with Gasteiger partial charge in [0.15, 0.2) is 5.96 Å². The summed E-state index contributed by atoms with van der Waals surface area (Å²) >= 11 is 0. The second-order valence-electron chi connectivity index (χ2n) is 8.90. The molecule has 1 aromatic rings. The zero-order valence-corrected chi connectivity index (χ0v) is 19.8. The van der Waals surface area contributed by atoms with Crippen LogP contribution in [0.15, 0.2) is 29.3 Å². The molecule has 0 spiro atoms. The minimum Gasteiger partial charge on any atom is -0.356 e. The Hall–Kier alpha value is -1.03. The van der Waals surface area contributed by atoms with Crippen LogP contribution in [0, 0.1) is 5.92 Å². The lowest BCUT2D eigenvalue weighted by Crippen LogP contribution is -2.49. The first-order valence-electron chi connectivity index (χ1n) is 10.8. The molecule has 2 aliphatic carbocycles. The van der Waals surface area contributed by atoms with Crippen molar-refractivity contribution in [1.29, 1.82) is 0 Å². The fourth-order valence-corrected chi connectivity index (χ4v) is 4.71. The van der Waals surface area contributed by atoms with Crippen molar-refractivity contribution >= 4 is 29.9 Å². The highest BCUT2D eigenvalue weighted by Crippen LogP contribution is 2.44. The lowest BCUT2D eigenvalue weighted by molar-refractivity contribution is -0.137. The smallest absolute Gasteiger partial charge is 0.356 e. The van der Waals surface area contributed by atoms with Gasteiger partial charge in [-0.1, -0.05) is 24.6 Å². The van der Waals surface area contributed by atoms with Crippen molar-refractivity contribution in [2.75, 3.05) is 33.2 Å². The first-order valence-corrected chi connectivity index (χ1v) is 10.8. The van der Waals surface area contributed by atoms with Crippen LogP contribution in [0.1, 0.15) is 49.7 Å². The number of halogens is 4. The zero-order chi connectivity index (χ0) is 20.5. The average Bonchev–Trinajstić information content (AvgIpc) is 3.41. The lowest BCUT2D eigenvalue weighted by atomic mass is 9.64. The van der Waals surface area contributed by atoms with E-state index in [4.69, 9.17) is 0 Å². The maximum atomic E-state index is 13.1. The number of hydrogen-bond acceptors (Lipinski definition) is 2. The topological polar surface area (TPSA) is 39.7 Å². The van der Waals surface area contributed by atoms with Crippen LogP contribution in [0.25, 0.3) is 0 Å². The van der Waals surface area contributed by atoms with E-state index in [0.717, 1.165) is 56.0 Å². The average molecular weight is 536 g/mol. The Balaban J connectivity index is 0.00000256. The quantitative estimate of drug-likeness (QED) is 0.322. The molecule has 1 unspecified atom stereocenters. The van der Waals surface area contributed by atoms with E-state index < -0.39 is 11.7 Å². The molecule has 2 N–H and O–H groups in total. The standard InChI is InChI=1S/C22H31F3N4.HI/c1-26-20(27-13-16-8-11-29(14-16)19-6-7-19)28-15-21(9-3-10-21)17-4-2-5-18(12-17)22(23,24)25;/h2,4-5,12,16,19H,3,6-11,13-15H2,1H3,(H2,26,27,28);1H. The summed E-state index contributed by atoms with van der Waals surface area (Å²) in [5.41, 5.74) is -0.0303. The van der Waals surface area contributed by atoms with Crippen LogP contribution in [-0.4, -0.2) is 50.1 Å². The van der Waals surface area contributed by atoms with Crippen LogP contribution in [-0.2, 0) is 11.6 Å². The first kappa shape index (κ1) is 23.6. The Kier molecular flexibility index (Phi) is 7.58. The number of benzene rings is 1. The number of nitrogens with zero attached hydrogens (tertiary/aromatic N) is 2. The molecule has 4 rings (SSSR count). The molecule has 0 radical (unpaired) electrons. The highest BCUT2D eigenvalue weighted by molar-refractivity contribution is 14.0. The van der Waals surface area contributed by atoms with Crippen LogP contribution in [0.4, 0.5) is 13.2 Å². The van der Waals surface area contributed by atoms with Gasteiger partial charge in [-0.25, -0.2) is 0 Å². The van der Waals surface area contributed by atoms with Gasteiger partial charge in [0, 0.05) is 38.1 Å². The van der Waals surface area contributed by atoms with Crippen LogP contribution in [0.5, 0.6) is 0 Å². The number of rotatable bonds is 6. The van der Waals surface area contributed by atoms with Gasteiger partial charge < -0.3 is 15.5 Å². The Morgan fingerprint density at radius 2 is 1.97 bits per heavy atom. The Labute approximate surface area is 194 Å². The van der Waals surface area contributed by atoms with E-state index in [0.29, 0.717) is 12.5 Å². The van der Waals surface area contributed by atoms with Crippen molar-refractivity contribution in [3.8, 4) is 0 Å². The molecule has 1 aliphatic heterocycles. The summed E-state index contributed by atoms with van der Waals surface area (Å²) in [5.74, 6) is 1.38. The number of aliphatic imine (C=N–C) groups is 1. The number of alkyl halides is 3. The largest absolute Gasteiger partial charge is 0.416 e. The van der Waals surface area contributed by atoms with Gasteiger partial charge in [0.25, 0.3) is 0 Å². The molecule has 0 amide bonds. The van der Waals surface area contributed by atoms with Gasteiger partial charge in [0.2, 0.25) is 0 Å². The summed E-state index contributed by atoms with van der Waals surface area (Å²) in [6.45, 7) is 3.84. The van der Waals surface area contributed by atoms with Crippen molar-refractivity contribution in [2.45, 2.75) is 56.2 Å². The molecule has 30 heavy (non-hydrogen) atoms. The van der Waals surface area contributed by atoms with Crippen LogP contribution in [0.3, 0.4) is 0 Å². The summed E-state index contributed by atoms with van der Waals surface area (Å²) in [7, 11) is 1.75. The maximum Gasteiger partial charge on any atom is 0.416 e. The van der Waals surface area contributed by atoms with Crippen LogP contribution < -0.4 is 10.6 Å². The number of hydrogen-bond donors (Lipinski definition) is 2. The first-order chi connectivity index (χ1) is 13.9. The summed E-state index contributed by atoms with van der Waals surface area (Å²) in [5, 5.41) is 6.81. The molecule has 1 aromatic carbocycles. The molecular weight excluding hydrogens is 504 g/mol. The van der Waals surface area contributed by atoms with Crippen LogP contribution >= 0.6 is 24.0 Å². The van der Waals surface area contributed by atoms with Gasteiger partial charge in [-0.2, -0.15) is 13.2 Å². The van der Waals surface area contributed by atoms with Crippen molar-refractivity contribution in [3.05, 3.63) is 35.4 Å². The van der Waals surface area contributed by atoms with Crippen molar-refractivity contribution in [3.63, 3.8) is 0 Å². The fraction of sp³-hybridized carbons (Fsp3) is 0.682. The molecule has 4 nitrogen and oxygen atoms in total. The molecular formula is C22H32F3IN4. The van der Waals surface area contributed by atoms with Gasteiger partial charge in [0.05, 0.1) is 5.56 Å². The molecule has 8 heteroatoms. The lowest BCUT2D eigenvalue weighted by Gasteiger charge is -2.43. The molecule has 1 saturated heterocycles. The minimum atomic E-state index is -4.30. The SMILES string of the molecule is CN=C(NCC1CCN(C2CC2)C1)NCC1(c2cccc(C(F)(F)F)c2)CCC1.I. The van der Waals surface area contributed by atoms with E-state index in [1.807, 2.05) is 6.07 Å². The van der Waals surface area contributed by atoms with E-state index >= 15 is 0 Å². The second kappa shape index (κ2) is 9.63. The molecule has 168 valence electrons. The Morgan fingerprint density at radius 1 is 1.20 bits per heavy atom. The molecule has 3 fully saturated rings. The van der Waals surface area contributed by atoms with Gasteiger partial charge in [-0.05, 0) is 56.2 Å². The van der Waals surface area contributed by atoms with E-state index in [1.54, 1.807) is 7.05 Å². The predicted molar refractivity (Wildman–Crippen MR) is 124 cm³/mol. The number of likely N-dealkylation sites (tertiary alicyclic amines) is 1. The third kappa shape index (κ3) is 5.41. The molecule has 2 saturated carbocycles. The number of guanidine groups is 1. The summed E-state index contributed by atoms with van der Waals surface area (Å²) in [6.07, 6.45) is 2.45. The van der Waals surface area contributed by atoms with Crippen molar-refractivity contribution < 1.29 is 13.2 Å². The maximum absolute atomic E-state index is 13.1. The molecule has 1 atom stereocenters. The normalized spacial score (nSPS) is 24.1. The van der Waals surface area contributed by atoms with Crippen molar-refractivity contribution in [2.24, 2.45) is 10.9 Å². The van der Waals surface area contributed by atoms with Crippen LogP contribution in [0.2, 0.25) is 0 Å². The number of nitrogens with one attached hydrogen (secondary N) is 2. The molecule has 3 aliphatic rings. The Morgan fingerprint density at radius 3 is 2.57 bits per heavy atom. The van der Waals surface area contributed by atoms with Gasteiger partial charge in [0.1, 0.15) is 0 Å². The highest BCUT2D eigenvalue weighted by atomic mass is 127. The molecule has 1 heterocycles. The van der Waals surface area contributed by atoms with E-state index in [1.165, 1.54) is 37.9 Å². The third-order valence-electron chi connectivity index (χ3n) is 6.87. The fourth-order valence-electron chi connectivity index (χ4n) is 4.71. The van der Waals surface area contributed by atoms with E-state index in [9.17, 15) is 13.2 Å².